The number of aliphatic hydroxyl groups is 1. The van der Waals surface area contributed by atoms with Crippen molar-refractivity contribution in [2.45, 2.75) is 58.4 Å². The number of esters is 4. The van der Waals surface area contributed by atoms with E-state index in [0.717, 1.165) is 27.7 Å². The molecule has 0 aromatic rings. The maximum Gasteiger partial charge on any atom is 0.303 e. The van der Waals surface area contributed by atoms with Crippen LogP contribution in [0.2, 0.25) is 0 Å². The Morgan fingerprint density at radius 3 is 1.71 bits per heavy atom. The van der Waals surface area contributed by atoms with Crippen LogP contribution in [-0.4, -0.2) is 66.3 Å². The van der Waals surface area contributed by atoms with E-state index in [2.05, 4.69) is 0 Å². The first-order valence-corrected chi connectivity index (χ1v) is 7.10. The van der Waals surface area contributed by atoms with Crippen molar-refractivity contribution in [3.05, 3.63) is 0 Å². The predicted octanol–water partition coefficient (Wildman–Crippen LogP) is -0.938. The summed E-state index contributed by atoms with van der Waals surface area (Å²) in [5.41, 5.74) is 0. The standard InChI is InChI=1S/C14H20O10/c1-6(15)20-5-10-11(21-7(2)16)12(22-8(3)17)13(14(19)24-10)23-9(4)18/h10-14,19H,5H2,1-4H3/t10?,11-,12?,13+,14+/m0/s1. The van der Waals surface area contributed by atoms with Gasteiger partial charge in [-0.25, -0.2) is 0 Å². The molecule has 0 aromatic carbocycles. The van der Waals surface area contributed by atoms with Gasteiger partial charge >= 0.3 is 23.9 Å². The number of hydrogen-bond acceptors (Lipinski definition) is 10. The zero-order valence-electron chi connectivity index (χ0n) is 13.7. The van der Waals surface area contributed by atoms with Gasteiger partial charge in [0.05, 0.1) is 0 Å². The van der Waals surface area contributed by atoms with Crippen LogP contribution in [0.3, 0.4) is 0 Å². The molecule has 1 aliphatic heterocycles. The quantitative estimate of drug-likeness (QED) is 0.490. The molecule has 2 unspecified atom stereocenters. The molecule has 1 N–H and O–H groups in total. The number of hydrogen-bond donors (Lipinski definition) is 1. The lowest BCUT2D eigenvalue weighted by atomic mass is 9.98. The van der Waals surface area contributed by atoms with E-state index >= 15 is 0 Å². The Bertz CT molecular complexity index is 502. The minimum Gasteiger partial charge on any atom is -0.463 e. The van der Waals surface area contributed by atoms with Gasteiger partial charge in [-0.15, -0.1) is 0 Å². The fraction of sp³-hybridized carbons (Fsp3) is 0.714. The molecule has 1 fully saturated rings. The predicted molar refractivity (Wildman–Crippen MR) is 74.2 cm³/mol. The molecule has 1 heterocycles. The molecule has 0 aromatic heterocycles. The molecule has 0 bridgehead atoms. The van der Waals surface area contributed by atoms with Crippen molar-refractivity contribution in [2.24, 2.45) is 0 Å². The number of carbonyl (C=O) groups is 4. The van der Waals surface area contributed by atoms with Gasteiger partial charge in [-0.1, -0.05) is 0 Å². The second kappa shape index (κ2) is 8.60. The summed E-state index contributed by atoms with van der Waals surface area (Å²) in [5.74, 6) is -2.87. The van der Waals surface area contributed by atoms with E-state index in [0.29, 0.717) is 0 Å². The molecule has 1 aliphatic rings. The van der Waals surface area contributed by atoms with E-state index in [1.54, 1.807) is 0 Å². The molecule has 0 aliphatic carbocycles. The molecular formula is C14H20O10. The van der Waals surface area contributed by atoms with Gasteiger partial charge in [0.15, 0.2) is 24.6 Å². The number of aliphatic hydroxyl groups excluding tert-OH is 1. The van der Waals surface area contributed by atoms with E-state index in [1.165, 1.54) is 0 Å². The van der Waals surface area contributed by atoms with E-state index in [1.807, 2.05) is 0 Å². The summed E-state index contributed by atoms with van der Waals surface area (Å²) in [5, 5.41) is 10.0. The van der Waals surface area contributed by atoms with Gasteiger partial charge < -0.3 is 28.8 Å². The second-order valence-electron chi connectivity index (χ2n) is 5.09. The smallest absolute Gasteiger partial charge is 0.303 e. The normalized spacial score (nSPS) is 29.3. The van der Waals surface area contributed by atoms with E-state index in [-0.39, 0.29) is 6.61 Å². The van der Waals surface area contributed by atoms with Crippen molar-refractivity contribution in [3.8, 4) is 0 Å². The lowest BCUT2D eigenvalue weighted by Crippen LogP contribution is -2.62. The number of carbonyl (C=O) groups excluding carboxylic acids is 4. The first-order chi connectivity index (χ1) is 11.1. The molecule has 0 amide bonds. The SMILES string of the molecule is CC(=O)OCC1O[C@@H](O)[C@H](OC(C)=O)C(OC(C)=O)[C@H]1OC(C)=O. The van der Waals surface area contributed by atoms with Crippen LogP contribution in [0.25, 0.3) is 0 Å². The van der Waals surface area contributed by atoms with Crippen LogP contribution >= 0.6 is 0 Å². The van der Waals surface area contributed by atoms with E-state index in [9.17, 15) is 24.3 Å². The number of ether oxygens (including phenoxy) is 5. The summed E-state index contributed by atoms with van der Waals surface area (Å²) in [6, 6.07) is 0. The highest BCUT2D eigenvalue weighted by Gasteiger charge is 2.51. The van der Waals surface area contributed by atoms with Crippen molar-refractivity contribution < 1.29 is 48.0 Å². The molecule has 10 nitrogen and oxygen atoms in total. The second-order valence-corrected chi connectivity index (χ2v) is 5.09. The first kappa shape index (κ1) is 19.8. The summed E-state index contributed by atoms with van der Waals surface area (Å²) in [6.07, 6.45) is -6.79. The maximum absolute atomic E-state index is 11.3. The van der Waals surface area contributed by atoms with Crippen molar-refractivity contribution in [1.29, 1.82) is 0 Å². The molecule has 0 saturated carbocycles. The van der Waals surface area contributed by atoms with Crippen molar-refractivity contribution in [3.63, 3.8) is 0 Å². The molecule has 1 saturated heterocycles. The van der Waals surface area contributed by atoms with Crippen molar-refractivity contribution >= 4 is 23.9 Å². The Morgan fingerprint density at radius 1 is 0.792 bits per heavy atom. The minimum absolute atomic E-state index is 0.366. The third kappa shape index (κ3) is 5.78. The third-order valence-corrected chi connectivity index (χ3v) is 2.97. The summed E-state index contributed by atoms with van der Waals surface area (Å²) in [4.78, 5) is 44.9. The molecule has 0 radical (unpaired) electrons. The van der Waals surface area contributed by atoms with Gasteiger partial charge in [0, 0.05) is 27.7 Å². The average molecular weight is 348 g/mol. The zero-order chi connectivity index (χ0) is 18.4. The van der Waals surface area contributed by atoms with Crippen molar-refractivity contribution in [2.75, 3.05) is 6.61 Å². The van der Waals surface area contributed by atoms with Crippen LogP contribution in [0.4, 0.5) is 0 Å². The number of rotatable bonds is 5. The summed E-state index contributed by atoms with van der Waals surface area (Å²) in [6.45, 7) is 4.09. The van der Waals surface area contributed by atoms with Gasteiger partial charge in [0.25, 0.3) is 0 Å². The van der Waals surface area contributed by atoms with Crippen molar-refractivity contribution in [1.82, 2.24) is 0 Å². The van der Waals surface area contributed by atoms with Gasteiger partial charge in [0.1, 0.15) is 12.7 Å². The zero-order valence-corrected chi connectivity index (χ0v) is 13.7. The summed E-state index contributed by atoms with van der Waals surface area (Å²) >= 11 is 0. The highest BCUT2D eigenvalue weighted by atomic mass is 16.7. The van der Waals surface area contributed by atoms with Crippen LogP contribution in [0.1, 0.15) is 27.7 Å². The van der Waals surface area contributed by atoms with Crippen LogP contribution < -0.4 is 0 Å². The Labute approximate surface area is 137 Å². The van der Waals surface area contributed by atoms with Crippen LogP contribution in [-0.2, 0) is 42.9 Å². The van der Waals surface area contributed by atoms with E-state index < -0.39 is 54.6 Å². The van der Waals surface area contributed by atoms with Crippen LogP contribution in [0.5, 0.6) is 0 Å². The molecule has 10 heteroatoms. The monoisotopic (exact) mass is 348 g/mol. The fourth-order valence-corrected chi connectivity index (χ4v) is 2.21. The molecule has 0 spiro atoms. The third-order valence-electron chi connectivity index (χ3n) is 2.97. The van der Waals surface area contributed by atoms with E-state index in [4.69, 9.17) is 23.7 Å². The molecule has 24 heavy (non-hydrogen) atoms. The topological polar surface area (TPSA) is 135 Å². The Balaban J connectivity index is 3.11. The van der Waals surface area contributed by atoms with Crippen LogP contribution in [0, 0.1) is 0 Å². The Morgan fingerprint density at radius 2 is 1.25 bits per heavy atom. The maximum atomic E-state index is 11.3. The van der Waals surface area contributed by atoms with Gasteiger partial charge in [-0.3, -0.25) is 19.2 Å². The Hall–Kier alpha value is -2.20. The summed E-state index contributed by atoms with van der Waals surface area (Å²) in [7, 11) is 0. The average Bonchev–Trinajstić information content (AvgIpc) is 2.42. The Kier molecular flexibility index (Phi) is 7.11. The summed E-state index contributed by atoms with van der Waals surface area (Å²) < 4.78 is 25.0. The highest BCUT2D eigenvalue weighted by Crippen LogP contribution is 2.28. The van der Waals surface area contributed by atoms with Gasteiger partial charge in [-0.2, -0.15) is 0 Å². The molecule has 1 rings (SSSR count). The first-order valence-electron chi connectivity index (χ1n) is 7.10. The van der Waals surface area contributed by atoms with Gasteiger partial charge in [-0.05, 0) is 0 Å². The fourth-order valence-electron chi connectivity index (χ4n) is 2.21. The minimum atomic E-state index is -1.68. The molecule has 5 atom stereocenters. The molecule has 136 valence electrons. The van der Waals surface area contributed by atoms with Crippen LogP contribution in [0.15, 0.2) is 0 Å². The lowest BCUT2D eigenvalue weighted by molar-refractivity contribution is -0.296. The largest absolute Gasteiger partial charge is 0.463 e. The molecular weight excluding hydrogens is 328 g/mol. The lowest BCUT2D eigenvalue weighted by Gasteiger charge is -2.42. The highest BCUT2D eigenvalue weighted by molar-refractivity contribution is 5.68. The van der Waals surface area contributed by atoms with Gasteiger partial charge in [0.2, 0.25) is 0 Å².